The molecule has 0 spiro atoms. The van der Waals surface area contributed by atoms with Crippen molar-refractivity contribution in [3.8, 4) is 0 Å². The Morgan fingerprint density at radius 1 is 1.25 bits per heavy atom. The van der Waals surface area contributed by atoms with Crippen molar-refractivity contribution < 1.29 is 18.8 Å². The Labute approximate surface area is 170 Å². The molecule has 2 N–H and O–H groups in total. The van der Waals surface area contributed by atoms with E-state index in [0.29, 0.717) is 12.3 Å². The van der Waals surface area contributed by atoms with Crippen molar-refractivity contribution in [3.05, 3.63) is 11.3 Å². The van der Waals surface area contributed by atoms with E-state index in [1.165, 1.54) is 0 Å². The first kappa shape index (κ1) is 23.1. The molecular formula is C21H38N2O4Si. The molecule has 1 saturated heterocycles. The summed E-state index contributed by atoms with van der Waals surface area (Å²) in [6, 6.07) is -0.0765. The van der Waals surface area contributed by atoms with E-state index in [0.717, 1.165) is 5.57 Å². The summed E-state index contributed by atoms with van der Waals surface area (Å²) in [6.45, 7) is 19.5. The van der Waals surface area contributed by atoms with Gasteiger partial charge in [-0.05, 0) is 36.5 Å². The van der Waals surface area contributed by atoms with E-state index >= 15 is 0 Å². The Kier molecular flexibility index (Phi) is 6.53. The zero-order valence-corrected chi connectivity index (χ0v) is 20.0. The molecule has 0 aliphatic carbocycles. The number of rotatable bonds is 7. The summed E-state index contributed by atoms with van der Waals surface area (Å²) in [4.78, 5) is 27.4. The van der Waals surface area contributed by atoms with Crippen molar-refractivity contribution in [2.75, 3.05) is 13.2 Å². The SMILES string of the molecule is CC(C)COC(=O)C1=C(CN)[C@H](C)C2[C@@H]([C@@H](C)O[Si](C)(C)C(C)(C)C)C(=O)N12. The molecule has 2 rings (SSSR count). The number of carbonyl (C=O) groups excluding carboxylic acids is 2. The van der Waals surface area contributed by atoms with Crippen LogP contribution in [0.15, 0.2) is 11.3 Å². The Bertz CT molecular complexity index is 666. The second kappa shape index (κ2) is 7.92. The minimum absolute atomic E-state index is 0.0276. The molecule has 0 aromatic carbocycles. The Morgan fingerprint density at radius 2 is 1.82 bits per heavy atom. The summed E-state index contributed by atoms with van der Waals surface area (Å²) in [5.41, 5.74) is 7.13. The van der Waals surface area contributed by atoms with Gasteiger partial charge < -0.3 is 19.8 Å². The molecule has 28 heavy (non-hydrogen) atoms. The van der Waals surface area contributed by atoms with Crippen molar-refractivity contribution in [2.24, 2.45) is 23.5 Å². The van der Waals surface area contributed by atoms with Crippen LogP contribution in [0.4, 0.5) is 0 Å². The van der Waals surface area contributed by atoms with Crippen LogP contribution in [0.5, 0.6) is 0 Å². The summed E-state index contributed by atoms with van der Waals surface area (Å²) in [5.74, 6) is -0.476. The van der Waals surface area contributed by atoms with Gasteiger partial charge in [0.1, 0.15) is 5.70 Å². The number of nitrogens with two attached hydrogens (primary N) is 1. The summed E-state index contributed by atoms with van der Waals surface area (Å²) >= 11 is 0. The molecule has 0 radical (unpaired) electrons. The lowest BCUT2D eigenvalue weighted by Gasteiger charge is -2.50. The van der Waals surface area contributed by atoms with Gasteiger partial charge in [-0.25, -0.2) is 4.79 Å². The van der Waals surface area contributed by atoms with Gasteiger partial charge in [0.25, 0.3) is 0 Å². The maximum Gasteiger partial charge on any atom is 0.355 e. The van der Waals surface area contributed by atoms with Crippen LogP contribution in [0.2, 0.25) is 18.1 Å². The molecule has 1 unspecified atom stereocenters. The first-order valence-corrected chi connectivity index (χ1v) is 13.3. The van der Waals surface area contributed by atoms with E-state index in [2.05, 4.69) is 33.9 Å². The van der Waals surface area contributed by atoms with Crippen LogP contribution in [0.1, 0.15) is 48.5 Å². The third-order valence-electron chi connectivity index (χ3n) is 6.55. The largest absolute Gasteiger partial charge is 0.461 e. The highest BCUT2D eigenvalue weighted by Crippen LogP contribution is 2.49. The van der Waals surface area contributed by atoms with Crippen LogP contribution < -0.4 is 5.73 Å². The number of β-lactam (4-membered cyclic amide) rings is 1. The molecule has 160 valence electrons. The second-order valence-corrected chi connectivity index (χ2v) is 14.9. The highest BCUT2D eigenvalue weighted by molar-refractivity contribution is 6.74. The molecule has 7 heteroatoms. The Morgan fingerprint density at radius 3 is 2.29 bits per heavy atom. The third-order valence-corrected chi connectivity index (χ3v) is 11.1. The number of ether oxygens (including phenoxy) is 1. The molecule has 1 amide bonds. The van der Waals surface area contributed by atoms with Crippen molar-refractivity contribution in [1.82, 2.24) is 4.90 Å². The fourth-order valence-corrected chi connectivity index (χ4v) is 5.35. The topological polar surface area (TPSA) is 81.9 Å². The molecule has 0 bridgehead atoms. The van der Waals surface area contributed by atoms with Gasteiger partial charge >= 0.3 is 5.97 Å². The number of fused-ring (bicyclic) bond motifs is 1. The highest BCUT2D eigenvalue weighted by atomic mass is 28.4. The van der Waals surface area contributed by atoms with Crippen LogP contribution in [0.3, 0.4) is 0 Å². The van der Waals surface area contributed by atoms with E-state index in [-0.39, 0.29) is 47.4 Å². The molecule has 2 heterocycles. The average Bonchev–Trinajstić information content (AvgIpc) is 2.79. The first-order chi connectivity index (χ1) is 12.7. The van der Waals surface area contributed by atoms with Gasteiger partial charge in [-0.1, -0.05) is 41.5 Å². The summed E-state index contributed by atoms with van der Waals surface area (Å²) in [5, 5.41) is 0.0709. The Hall–Kier alpha value is -1.18. The van der Waals surface area contributed by atoms with Crippen LogP contribution in [0, 0.1) is 17.8 Å². The fourth-order valence-electron chi connectivity index (χ4n) is 3.92. The van der Waals surface area contributed by atoms with Gasteiger partial charge in [-0.2, -0.15) is 0 Å². The highest BCUT2D eigenvalue weighted by Gasteiger charge is 2.60. The predicted octanol–water partition coefficient (Wildman–Crippen LogP) is 3.29. The maximum absolute atomic E-state index is 13.1. The minimum atomic E-state index is -2.00. The molecule has 4 atom stereocenters. The normalized spacial score (nSPS) is 26.5. The first-order valence-electron chi connectivity index (χ1n) is 10.4. The third kappa shape index (κ3) is 3.93. The van der Waals surface area contributed by atoms with Gasteiger partial charge in [0, 0.05) is 12.5 Å². The molecule has 1 fully saturated rings. The van der Waals surface area contributed by atoms with Crippen LogP contribution in [-0.4, -0.2) is 50.4 Å². The monoisotopic (exact) mass is 410 g/mol. The van der Waals surface area contributed by atoms with Gasteiger partial charge in [0.05, 0.1) is 24.7 Å². The number of esters is 1. The fraction of sp³-hybridized carbons (Fsp3) is 0.810. The van der Waals surface area contributed by atoms with E-state index in [4.69, 9.17) is 14.9 Å². The van der Waals surface area contributed by atoms with Gasteiger partial charge in [0.2, 0.25) is 5.91 Å². The molecule has 6 nitrogen and oxygen atoms in total. The van der Waals surface area contributed by atoms with Crippen molar-refractivity contribution >= 4 is 20.2 Å². The molecular weight excluding hydrogens is 372 g/mol. The van der Waals surface area contributed by atoms with E-state index < -0.39 is 14.3 Å². The average molecular weight is 411 g/mol. The standard InChI is InChI=1S/C21H38N2O4Si/c1-12(2)11-26-20(25)18-15(10-22)13(3)17-16(19(24)23(17)18)14(4)27-28(8,9)21(5,6)7/h12-14,16-17H,10-11,22H2,1-9H3/t13-,14+,16+,17?/m0/s1. The van der Waals surface area contributed by atoms with Crippen LogP contribution in [-0.2, 0) is 18.8 Å². The molecule has 0 aromatic heterocycles. The quantitative estimate of drug-likeness (QED) is 0.396. The zero-order chi connectivity index (χ0) is 21.6. The lowest BCUT2D eigenvalue weighted by atomic mass is 9.78. The molecule has 2 aliphatic heterocycles. The minimum Gasteiger partial charge on any atom is -0.461 e. The summed E-state index contributed by atoms with van der Waals surface area (Å²) in [6.07, 6.45) is -0.192. The number of carbonyl (C=O) groups is 2. The van der Waals surface area contributed by atoms with Crippen molar-refractivity contribution in [3.63, 3.8) is 0 Å². The van der Waals surface area contributed by atoms with Gasteiger partial charge in [-0.15, -0.1) is 0 Å². The number of hydrogen-bond donors (Lipinski definition) is 1. The Balaban J connectivity index is 2.21. The van der Waals surface area contributed by atoms with Gasteiger partial charge in [-0.3, -0.25) is 4.79 Å². The maximum atomic E-state index is 13.1. The van der Waals surface area contributed by atoms with Gasteiger partial charge in [0.15, 0.2) is 8.32 Å². The predicted molar refractivity (Wildman–Crippen MR) is 113 cm³/mol. The summed E-state index contributed by atoms with van der Waals surface area (Å²) in [7, 11) is -2.00. The van der Waals surface area contributed by atoms with E-state index in [1.807, 2.05) is 27.7 Å². The van der Waals surface area contributed by atoms with Crippen LogP contribution >= 0.6 is 0 Å². The van der Waals surface area contributed by atoms with Crippen molar-refractivity contribution in [1.29, 1.82) is 0 Å². The molecule has 0 saturated carbocycles. The lowest BCUT2D eigenvalue weighted by Crippen LogP contribution is -2.65. The van der Waals surface area contributed by atoms with Crippen molar-refractivity contribution in [2.45, 2.75) is 78.7 Å². The number of amides is 1. The molecule has 2 aliphatic rings. The lowest BCUT2D eigenvalue weighted by molar-refractivity contribution is -0.163. The van der Waals surface area contributed by atoms with Crippen LogP contribution in [0.25, 0.3) is 0 Å². The molecule has 0 aromatic rings. The summed E-state index contributed by atoms with van der Waals surface area (Å²) < 4.78 is 11.9. The smallest absolute Gasteiger partial charge is 0.355 e. The van der Waals surface area contributed by atoms with E-state index in [1.54, 1.807) is 4.90 Å². The second-order valence-electron chi connectivity index (χ2n) is 10.2. The zero-order valence-electron chi connectivity index (χ0n) is 19.0. The number of hydrogen-bond acceptors (Lipinski definition) is 5. The van der Waals surface area contributed by atoms with E-state index in [9.17, 15) is 9.59 Å². The number of nitrogens with zero attached hydrogens (tertiary/aromatic N) is 1.